The van der Waals surface area contributed by atoms with E-state index in [1.807, 2.05) is 62.4 Å². The lowest BCUT2D eigenvalue weighted by Crippen LogP contribution is -2.51. The van der Waals surface area contributed by atoms with E-state index >= 15 is 0 Å². The third-order valence-corrected chi connectivity index (χ3v) is 8.69. The topological polar surface area (TPSA) is 113 Å². The molecule has 0 saturated heterocycles. The standard InChI is InChI=1S/C31H35N3O6S/c1-22(2)32-30(36)27(20-23-11-5-4-6-12-23)33(21-24-13-9-14-25(19-24)40-3)29(35)17-10-18-34-31(37)26-15-7-8-16-28(26)41(34,38)39/h4-9,11-16,19,22,27H,10,17-18,20-21H2,1-3H3,(H,32,36)/t27-/m1/s1. The van der Waals surface area contributed by atoms with E-state index in [0.717, 1.165) is 15.4 Å². The number of fused-ring (bicyclic) bond motifs is 1. The molecule has 1 aliphatic rings. The molecule has 10 heteroatoms. The Morgan fingerprint density at radius 1 is 0.951 bits per heavy atom. The largest absolute Gasteiger partial charge is 0.497 e. The number of rotatable bonds is 12. The third-order valence-electron chi connectivity index (χ3n) is 6.85. The van der Waals surface area contributed by atoms with E-state index in [1.54, 1.807) is 25.3 Å². The van der Waals surface area contributed by atoms with Gasteiger partial charge in [-0.1, -0.05) is 54.6 Å². The summed E-state index contributed by atoms with van der Waals surface area (Å²) in [7, 11) is -2.42. The molecule has 0 aromatic heterocycles. The fraction of sp³-hybridized carbons (Fsp3) is 0.323. The summed E-state index contributed by atoms with van der Waals surface area (Å²) in [6.45, 7) is 3.72. The van der Waals surface area contributed by atoms with Gasteiger partial charge in [-0.15, -0.1) is 0 Å². The molecule has 41 heavy (non-hydrogen) atoms. The van der Waals surface area contributed by atoms with Crippen LogP contribution in [-0.2, 0) is 32.6 Å². The van der Waals surface area contributed by atoms with Crippen molar-refractivity contribution in [3.05, 3.63) is 95.6 Å². The average molecular weight is 578 g/mol. The molecule has 3 amide bonds. The molecule has 3 aromatic carbocycles. The Morgan fingerprint density at radius 3 is 2.32 bits per heavy atom. The molecule has 1 aliphatic heterocycles. The Balaban J connectivity index is 1.58. The zero-order valence-electron chi connectivity index (χ0n) is 23.4. The van der Waals surface area contributed by atoms with Crippen LogP contribution in [0, 0.1) is 0 Å². The lowest BCUT2D eigenvalue weighted by Gasteiger charge is -2.32. The van der Waals surface area contributed by atoms with Gasteiger partial charge in [-0.2, -0.15) is 0 Å². The molecule has 0 saturated carbocycles. The van der Waals surface area contributed by atoms with Crippen molar-refractivity contribution >= 4 is 27.7 Å². The van der Waals surface area contributed by atoms with E-state index in [-0.39, 0.29) is 54.2 Å². The Morgan fingerprint density at radius 2 is 1.63 bits per heavy atom. The summed E-state index contributed by atoms with van der Waals surface area (Å²) in [5, 5.41) is 2.94. The van der Waals surface area contributed by atoms with Crippen molar-refractivity contribution in [3.8, 4) is 5.75 Å². The molecule has 0 fully saturated rings. The first-order valence-corrected chi connectivity index (χ1v) is 15.0. The predicted octanol–water partition coefficient (Wildman–Crippen LogP) is 3.78. The van der Waals surface area contributed by atoms with Gasteiger partial charge in [0.25, 0.3) is 15.9 Å². The number of benzene rings is 3. The highest BCUT2D eigenvalue weighted by Gasteiger charge is 2.40. The maximum absolute atomic E-state index is 13.8. The zero-order chi connectivity index (χ0) is 29.6. The lowest BCUT2D eigenvalue weighted by molar-refractivity contribution is -0.141. The maximum Gasteiger partial charge on any atom is 0.269 e. The number of nitrogens with zero attached hydrogens (tertiary/aromatic N) is 2. The highest BCUT2D eigenvalue weighted by molar-refractivity contribution is 7.90. The van der Waals surface area contributed by atoms with Crippen molar-refractivity contribution in [2.75, 3.05) is 13.7 Å². The molecule has 216 valence electrons. The molecular formula is C31H35N3O6S. The molecule has 0 unspecified atom stereocenters. The van der Waals surface area contributed by atoms with Gasteiger partial charge < -0.3 is 15.0 Å². The van der Waals surface area contributed by atoms with E-state index in [0.29, 0.717) is 12.2 Å². The first-order valence-electron chi connectivity index (χ1n) is 13.5. The zero-order valence-corrected chi connectivity index (χ0v) is 24.3. The van der Waals surface area contributed by atoms with Crippen LogP contribution in [0.1, 0.15) is 48.2 Å². The van der Waals surface area contributed by atoms with Crippen LogP contribution in [0.4, 0.5) is 0 Å². The maximum atomic E-state index is 13.8. The molecule has 3 aromatic rings. The Labute approximate surface area is 241 Å². The Bertz CT molecular complexity index is 1510. The Kier molecular flexibility index (Phi) is 9.44. The van der Waals surface area contributed by atoms with Gasteiger partial charge in [0.2, 0.25) is 11.8 Å². The molecule has 4 rings (SSSR count). The number of hydrogen-bond acceptors (Lipinski definition) is 6. The number of hydrogen-bond donors (Lipinski definition) is 1. The molecule has 1 N–H and O–H groups in total. The van der Waals surface area contributed by atoms with E-state index in [9.17, 15) is 22.8 Å². The number of amides is 3. The highest BCUT2D eigenvalue weighted by Crippen LogP contribution is 2.30. The smallest absolute Gasteiger partial charge is 0.269 e. The van der Waals surface area contributed by atoms with Crippen LogP contribution in [-0.4, -0.2) is 61.1 Å². The second kappa shape index (κ2) is 13.0. The van der Waals surface area contributed by atoms with E-state index in [4.69, 9.17) is 4.74 Å². The van der Waals surface area contributed by atoms with Crippen LogP contribution < -0.4 is 10.1 Å². The molecule has 0 radical (unpaired) electrons. The van der Waals surface area contributed by atoms with Crippen LogP contribution in [0.3, 0.4) is 0 Å². The minimum atomic E-state index is -3.97. The van der Waals surface area contributed by atoms with Gasteiger partial charge in [-0.05, 0) is 55.7 Å². The SMILES string of the molecule is COc1cccc(CN(C(=O)CCCN2C(=O)c3ccccc3S2(=O)=O)[C@H](Cc2ccccc2)C(=O)NC(C)C)c1. The van der Waals surface area contributed by atoms with Crippen molar-refractivity contribution in [1.82, 2.24) is 14.5 Å². The van der Waals surface area contributed by atoms with Crippen molar-refractivity contribution < 1.29 is 27.5 Å². The minimum Gasteiger partial charge on any atom is -0.497 e. The van der Waals surface area contributed by atoms with Gasteiger partial charge in [0, 0.05) is 32.0 Å². The number of nitrogens with one attached hydrogen (secondary N) is 1. The molecule has 0 bridgehead atoms. The second-order valence-corrected chi connectivity index (χ2v) is 12.1. The Hall–Kier alpha value is -4.18. The van der Waals surface area contributed by atoms with Crippen LogP contribution in [0.5, 0.6) is 5.75 Å². The van der Waals surface area contributed by atoms with E-state index in [1.165, 1.54) is 17.0 Å². The summed E-state index contributed by atoms with van der Waals surface area (Å²) in [6.07, 6.45) is 0.347. The van der Waals surface area contributed by atoms with Gasteiger partial charge in [0.15, 0.2) is 0 Å². The van der Waals surface area contributed by atoms with Crippen molar-refractivity contribution in [2.45, 2.75) is 56.6 Å². The molecule has 0 spiro atoms. The van der Waals surface area contributed by atoms with Gasteiger partial charge in [0.05, 0.1) is 12.7 Å². The van der Waals surface area contributed by atoms with E-state index in [2.05, 4.69) is 5.32 Å². The monoisotopic (exact) mass is 577 g/mol. The second-order valence-electron chi connectivity index (χ2n) is 10.2. The molecule has 1 heterocycles. The quantitative estimate of drug-likeness (QED) is 0.351. The lowest BCUT2D eigenvalue weighted by atomic mass is 10.0. The summed E-state index contributed by atoms with van der Waals surface area (Å²) in [6, 6.07) is 21.9. The molecule has 1 atom stereocenters. The number of methoxy groups -OCH3 is 1. The summed E-state index contributed by atoms with van der Waals surface area (Å²) < 4.78 is 32.1. The van der Waals surface area contributed by atoms with Gasteiger partial charge in [0.1, 0.15) is 16.7 Å². The summed E-state index contributed by atoms with van der Waals surface area (Å²) in [5.41, 5.74) is 1.80. The summed E-state index contributed by atoms with van der Waals surface area (Å²) >= 11 is 0. The van der Waals surface area contributed by atoms with Gasteiger partial charge in [-0.25, -0.2) is 12.7 Å². The fourth-order valence-electron chi connectivity index (χ4n) is 4.87. The van der Waals surface area contributed by atoms with Crippen LogP contribution in [0.2, 0.25) is 0 Å². The normalized spacial score (nSPS) is 14.4. The highest BCUT2D eigenvalue weighted by atomic mass is 32.2. The van der Waals surface area contributed by atoms with Gasteiger partial charge >= 0.3 is 0 Å². The van der Waals surface area contributed by atoms with Crippen LogP contribution in [0.25, 0.3) is 0 Å². The van der Waals surface area contributed by atoms with Gasteiger partial charge in [-0.3, -0.25) is 14.4 Å². The number of ether oxygens (including phenoxy) is 1. The fourth-order valence-corrected chi connectivity index (χ4v) is 6.48. The first-order chi connectivity index (χ1) is 19.6. The molecular weight excluding hydrogens is 542 g/mol. The number of sulfonamides is 1. The molecule has 0 aliphatic carbocycles. The summed E-state index contributed by atoms with van der Waals surface area (Å²) in [5.74, 6) is -0.583. The predicted molar refractivity (Wildman–Crippen MR) is 155 cm³/mol. The van der Waals surface area contributed by atoms with E-state index < -0.39 is 22.0 Å². The number of carbonyl (C=O) groups excluding carboxylic acids is 3. The van der Waals surface area contributed by atoms with Crippen molar-refractivity contribution in [1.29, 1.82) is 0 Å². The number of carbonyl (C=O) groups is 3. The molecule has 9 nitrogen and oxygen atoms in total. The third kappa shape index (κ3) is 6.94. The van der Waals surface area contributed by atoms with Crippen LogP contribution >= 0.6 is 0 Å². The van der Waals surface area contributed by atoms with Crippen molar-refractivity contribution in [2.24, 2.45) is 0 Å². The average Bonchev–Trinajstić information content (AvgIpc) is 3.15. The van der Waals surface area contributed by atoms with Crippen LogP contribution in [0.15, 0.2) is 83.8 Å². The summed E-state index contributed by atoms with van der Waals surface area (Å²) in [4.78, 5) is 41.6. The van der Waals surface area contributed by atoms with Crippen molar-refractivity contribution in [3.63, 3.8) is 0 Å². The minimum absolute atomic E-state index is 0.0238. The first kappa shape index (κ1) is 29.8.